The van der Waals surface area contributed by atoms with Gasteiger partial charge in [-0.2, -0.15) is 0 Å². The summed E-state index contributed by atoms with van der Waals surface area (Å²) in [5.41, 5.74) is 0.905. The number of rotatable bonds is 1. The van der Waals surface area contributed by atoms with Gasteiger partial charge in [0, 0.05) is 3.57 Å². The molecule has 0 bridgehead atoms. The van der Waals surface area contributed by atoms with Gasteiger partial charge in [0.2, 0.25) is 0 Å². The molecule has 0 fully saturated rings. The third-order valence-electron chi connectivity index (χ3n) is 1.08. The van der Waals surface area contributed by atoms with Crippen molar-refractivity contribution >= 4 is 28.8 Å². The van der Waals surface area contributed by atoms with Crippen molar-refractivity contribution in [2.75, 3.05) is 0 Å². The summed E-state index contributed by atoms with van der Waals surface area (Å²) in [7, 11) is 0. The Balaban J connectivity index is 2.89. The molecule has 0 aromatic heterocycles. The standard InChI is InChI=1S/C7H6INO/c8-7-3-1-6(2-4-7)5-9-10/h1-5,10H/b9-5+. The Hall–Kier alpha value is -0.580. The highest BCUT2D eigenvalue weighted by molar-refractivity contribution is 14.1. The van der Waals surface area contributed by atoms with Crippen molar-refractivity contribution in [2.45, 2.75) is 0 Å². The molecule has 0 amide bonds. The Kier molecular flexibility index (Phi) is 2.68. The van der Waals surface area contributed by atoms with Crippen LogP contribution in [0.3, 0.4) is 0 Å². The smallest absolute Gasteiger partial charge is 0.0733 e. The van der Waals surface area contributed by atoms with E-state index in [0.717, 1.165) is 5.56 Å². The molecule has 3 heteroatoms. The van der Waals surface area contributed by atoms with E-state index < -0.39 is 0 Å². The molecular weight excluding hydrogens is 241 g/mol. The largest absolute Gasteiger partial charge is 0.411 e. The zero-order valence-electron chi connectivity index (χ0n) is 5.16. The topological polar surface area (TPSA) is 32.6 Å². The number of hydrogen-bond acceptors (Lipinski definition) is 2. The van der Waals surface area contributed by atoms with Gasteiger partial charge in [-0.1, -0.05) is 17.3 Å². The maximum absolute atomic E-state index is 8.16. The van der Waals surface area contributed by atoms with E-state index >= 15 is 0 Å². The van der Waals surface area contributed by atoms with Crippen LogP contribution in [-0.4, -0.2) is 11.4 Å². The van der Waals surface area contributed by atoms with Crippen LogP contribution in [0.2, 0.25) is 0 Å². The first-order valence-electron chi connectivity index (χ1n) is 2.76. The second kappa shape index (κ2) is 3.55. The van der Waals surface area contributed by atoms with Gasteiger partial charge >= 0.3 is 0 Å². The number of nitrogens with zero attached hydrogens (tertiary/aromatic N) is 1. The average Bonchev–Trinajstić information content (AvgIpc) is 1.95. The summed E-state index contributed by atoms with van der Waals surface area (Å²) in [6.07, 6.45) is 1.40. The quantitative estimate of drug-likeness (QED) is 0.350. The van der Waals surface area contributed by atoms with E-state index in [2.05, 4.69) is 27.7 Å². The third-order valence-corrected chi connectivity index (χ3v) is 1.80. The molecule has 0 aliphatic carbocycles. The van der Waals surface area contributed by atoms with E-state index in [1.165, 1.54) is 9.78 Å². The molecule has 0 saturated heterocycles. The second-order valence-electron chi connectivity index (χ2n) is 1.80. The fourth-order valence-corrected chi connectivity index (χ4v) is 0.975. The highest BCUT2D eigenvalue weighted by Gasteiger charge is 1.86. The van der Waals surface area contributed by atoms with Crippen LogP contribution >= 0.6 is 22.6 Å². The molecule has 10 heavy (non-hydrogen) atoms. The van der Waals surface area contributed by atoms with Crippen molar-refractivity contribution in [1.29, 1.82) is 0 Å². The minimum absolute atomic E-state index is 0.905. The highest BCUT2D eigenvalue weighted by Crippen LogP contribution is 2.04. The van der Waals surface area contributed by atoms with E-state index in [4.69, 9.17) is 5.21 Å². The number of halogens is 1. The summed E-state index contributed by atoms with van der Waals surface area (Å²) >= 11 is 2.22. The van der Waals surface area contributed by atoms with Crippen LogP contribution in [0, 0.1) is 3.57 Å². The predicted octanol–water partition coefficient (Wildman–Crippen LogP) is 2.10. The van der Waals surface area contributed by atoms with Crippen molar-refractivity contribution in [3.63, 3.8) is 0 Å². The summed E-state index contributed by atoms with van der Waals surface area (Å²) in [4.78, 5) is 0. The normalized spacial score (nSPS) is 10.5. The van der Waals surface area contributed by atoms with E-state index in [-0.39, 0.29) is 0 Å². The molecule has 1 aromatic carbocycles. The Bertz CT molecular complexity index is 230. The van der Waals surface area contributed by atoms with Crippen molar-refractivity contribution < 1.29 is 5.21 Å². The van der Waals surface area contributed by atoms with Crippen molar-refractivity contribution in [1.82, 2.24) is 0 Å². The van der Waals surface area contributed by atoms with Crippen LogP contribution in [0.5, 0.6) is 0 Å². The lowest BCUT2D eigenvalue weighted by atomic mass is 10.2. The lowest BCUT2D eigenvalue weighted by Crippen LogP contribution is -1.79. The number of hydrogen-bond donors (Lipinski definition) is 1. The van der Waals surface area contributed by atoms with Gasteiger partial charge in [0.25, 0.3) is 0 Å². The number of oxime groups is 1. The van der Waals surface area contributed by atoms with E-state index in [9.17, 15) is 0 Å². The fraction of sp³-hybridized carbons (Fsp3) is 0. The summed E-state index contributed by atoms with van der Waals surface area (Å²) in [5.74, 6) is 0. The molecule has 0 saturated carbocycles. The molecule has 52 valence electrons. The predicted molar refractivity (Wildman–Crippen MR) is 48.5 cm³/mol. The molecule has 1 aromatic rings. The molecule has 0 radical (unpaired) electrons. The zero-order valence-corrected chi connectivity index (χ0v) is 7.32. The minimum atomic E-state index is 0.905. The molecule has 0 unspecified atom stereocenters. The first-order valence-corrected chi connectivity index (χ1v) is 3.84. The van der Waals surface area contributed by atoms with Crippen LogP contribution < -0.4 is 0 Å². The lowest BCUT2D eigenvalue weighted by Gasteiger charge is -1.89. The van der Waals surface area contributed by atoms with Gasteiger partial charge in [0.05, 0.1) is 6.21 Å². The Morgan fingerprint density at radius 1 is 1.30 bits per heavy atom. The molecule has 0 aliphatic rings. The molecule has 2 nitrogen and oxygen atoms in total. The first-order chi connectivity index (χ1) is 4.83. The third kappa shape index (κ3) is 1.98. The fourth-order valence-electron chi connectivity index (χ4n) is 0.616. The van der Waals surface area contributed by atoms with Crippen LogP contribution in [0.1, 0.15) is 5.56 Å². The summed E-state index contributed by atoms with van der Waals surface area (Å²) < 4.78 is 1.17. The maximum atomic E-state index is 8.16. The molecule has 0 heterocycles. The van der Waals surface area contributed by atoms with Crippen molar-refractivity contribution in [3.05, 3.63) is 33.4 Å². The van der Waals surface area contributed by atoms with Crippen LogP contribution in [-0.2, 0) is 0 Å². The molecule has 1 N–H and O–H groups in total. The van der Waals surface area contributed by atoms with Gasteiger partial charge in [-0.15, -0.1) is 0 Å². The molecule has 1 rings (SSSR count). The molecular formula is C7H6INO. The van der Waals surface area contributed by atoms with Crippen LogP contribution in [0.25, 0.3) is 0 Å². The maximum Gasteiger partial charge on any atom is 0.0733 e. The monoisotopic (exact) mass is 247 g/mol. The molecule has 0 atom stereocenters. The highest BCUT2D eigenvalue weighted by atomic mass is 127. The number of benzene rings is 1. The SMILES string of the molecule is O/N=C/c1ccc(I)cc1. The van der Waals surface area contributed by atoms with Crippen molar-refractivity contribution in [2.24, 2.45) is 5.16 Å². The van der Waals surface area contributed by atoms with E-state index in [0.29, 0.717) is 0 Å². The molecule has 0 spiro atoms. The average molecular weight is 247 g/mol. The first kappa shape index (κ1) is 7.53. The molecule has 0 aliphatic heterocycles. The van der Waals surface area contributed by atoms with Gasteiger partial charge in [0.15, 0.2) is 0 Å². The summed E-state index contributed by atoms with van der Waals surface area (Å²) in [6, 6.07) is 7.69. The van der Waals surface area contributed by atoms with Crippen molar-refractivity contribution in [3.8, 4) is 0 Å². The zero-order chi connectivity index (χ0) is 7.40. The van der Waals surface area contributed by atoms with Crippen LogP contribution in [0.15, 0.2) is 29.4 Å². The minimum Gasteiger partial charge on any atom is -0.411 e. The van der Waals surface area contributed by atoms with Gasteiger partial charge in [-0.25, -0.2) is 0 Å². The van der Waals surface area contributed by atoms with Gasteiger partial charge in [-0.3, -0.25) is 0 Å². The van der Waals surface area contributed by atoms with E-state index in [1.54, 1.807) is 0 Å². The summed E-state index contributed by atoms with van der Waals surface area (Å²) in [5, 5.41) is 11.1. The Morgan fingerprint density at radius 3 is 2.40 bits per heavy atom. The Morgan fingerprint density at radius 2 is 1.90 bits per heavy atom. The second-order valence-corrected chi connectivity index (χ2v) is 3.04. The Labute approximate surface area is 72.7 Å². The summed E-state index contributed by atoms with van der Waals surface area (Å²) in [6.45, 7) is 0. The van der Waals surface area contributed by atoms with Gasteiger partial charge in [-0.05, 0) is 40.3 Å². The van der Waals surface area contributed by atoms with Gasteiger partial charge < -0.3 is 5.21 Å². The lowest BCUT2D eigenvalue weighted by molar-refractivity contribution is 0.322. The van der Waals surface area contributed by atoms with E-state index in [1.807, 2.05) is 24.3 Å². The van der Waals surface area contributed by atoms with Gasteiger partial charge in [0.1, 0.15) is 0 Å². The van der Waals surface area contributed by atoms with Crippen LogP contribution in [0.4, 0.5) is 0 Å².